The third kappa shape index (κ3) is 3.24. The van der Waals surface area contributed by atoms with Crippen LogP contribution in [0.15, 0.2) is 78.7 Å². The second-order valence-electron chi connectivity index (χ2n) is 7.23. The summed E-state index contributed by atoms with van der Waals surface area (Å²) in [6.07, 6.45) is 3.76. The van der Waals surface area contributed by atoms with Crippen LogP contribution in [0.2, 0.25) is 0 Å². The molecule has 0 fully saturated rings. The second kappa shape index (κ2) is 7.19. The number of nitrogens with zero attached hydrogens (tertiary/aromatic N) is 1. The highest BCUT2D eigenvalue weighted by Gasteiger charge is 2.28. The molecule has 2 heterocycles. The largest absolute Gasteiger partial charge is 0.489 e. The molecule has 0 bridgehead atoms. The van der Waals surface area contributed by atoms with Gasteiger partial charge in [-0.3, -0.25) is 4.79 Å². The number of Topliss-reactive ketones (excluding diaryl/α,β-unsaturated/α-hetero) is 1. The first kappa shape index (κ1) is 18.2. The summed E-state index contributed by atoms with van der Waals surface area (Å²) in [6, 6.07) is 19.3. The lowest BCUT2D eigenvalue weighted by Gasteiger charge is -2.07. The van der Waals surface area contributed by atoms with Gasteiger partial charge in [-0.15, -0.1) is 0 Å². The van der Waals surface area contributed by atoms with Crippen LogP contribution >= 0.6 is 0 Å². The Bertz CT molecular complexity index is 1300. The molecule has 0 saturated carbocycles. The third-order valence-corrected chi connectivity index (χ3v) is 5.17. The maximum Gasteiger partial charge on any atom is 0.231 e. The van der Waals surface area contributed by atoms with Crippen molar-refractivity contribution < 1.29 is 18.7 Å². The smallest absolute Gasteiger partial charge is 0.231 e. The van der Waals surface area contributed by atoms with Gasteiger partial charge < -0.3 is 14.0 Å². The summed E-state index contributed by atoms with van der Waals surface area (Å²) < 4.78 is 26.7. The Balaban J connectivity index is 1.39. The Morgan fingerprint density at radius 1 is 1.07 bits per heavy atom. The van der Waals surface area contributed by atoms with E-state index < -0.39 is 0 Å². The Labute approximate surface area is 172 Å². The van der Waals surface area contributed by atoms with Crippen molar-refractivity contribution in [3.8, 4) is 11.5 Å². The lowest BCUT2D eigenvalue weighted by molar-refractivity contribution is 0.101. The van der Waals surface area contributed by atoms with Gasteiger partial charge in [-0.1, -0.05) is 30.3 Å². The van der Waals surface area contributed by atoms with Gasteiger partial charge in [0.25, 0.3) is 0 Å². The van der Waals surface area contributed by atoms with E-state index in [1.54, 1.807) is 36.4 Å². The predicted octanol–water partition coefficient (Wildman–Crippen LogP) is 5.51. The van der Waals surface area contributed by atoms with E-state index in [-0.39, 0.29) is 17.4 Å². The van der Waals surface area contributed by atoms with Crippen LogP contribution in [0.1, 0.15) is 21.5 Å². The number of ether oxygens (including phenoxy) is 2. The second-order valence-corrected chi connectivity index (χ2v) is 7.23. The van der Waals surface area contributed by atoms with Crippen molar-refractivity contribution in [1.82, 2.24) is 4.57 Å². The van der Waals surface area contributed by atoms with Gasteiger partial charge in [0.2, 0.25) is 5.78 Å². The average Bonchev–Trinajstić information content (AvgIpc) is 3.24. The highest BCUT2D eigenvalue weighted by Crippen LogP contribution is 2.36. The molecule has 0 unspecified atom stereocenters. The molecule has 30 heavy (non-hydrogen) atoms. The molecule has 0 atom stereocenters. The molecule has 0 saturated heterocycles. The Hall–Kier alpha value is -3.86. The van der Waals surface area contributed by atoms with Crippen molar-refractivity contribution in [2.24, 2.45) is 7.05 Å². The molecule has 5 heteroatoms. The van der Waals surface area contributed by atoms with Crippen LogP contribution in [0.25, 0.3) is 17.0 Å². The van der Waals surface area contributed by atoms with Crippen LogP contribution in [-0.4, -0.2) is 10.4 Å². The predicted molar refractivity (Wildman–Crippen MR) is 113 cm³/mol. The molecule has 0 radical (unpaired) electrons. The van der Waals surface area contributed by atoms with Gasteiger partial charge in [-0.05, 0) is 42.0 Å². The van der Waals surface area contributed by atoms with E-state index in [9.17, 15) is 9.18 Å². The number of hydrogen-bond acceptors (Lipinski definition) is 3. The van der Waals surface area contributed by atoms with Gasteiger partial charge in [0, 0.05) is 35.8 Å². The molecule has 0 amide bonds. The molecule has 4 nitrogen and oxygen atoms in total. The van der Waals surface area contributed by atoms with Crippen molar-refractivity contribution in [1.29, 1.82) is 0 Å². The molecule has 1 aromatic heterocycles. The quantitative estimate of drug-likeness (QED) is 0.425. The molecule has 0 aliphatic carbocycles. The molecule has 0 spiro atoms. The highest BCUT2D eigenvalue weighted by molar-refractivity contribution is 6.15. The van der Waals surface area contributed by atoms with Crippen LogP contribution in [0.5, 0.6) is 11.5 Å². The summed E-state index contributed by atoms with van der Waals surface area (Å²) in [5, 5.41) is 1.06. The lowest BCUT2D eigenvalue weighted by atomic mass is 10.1. The minimum absolute atomic E-state index is 0.150. The number of hydrogen-bond donors (Lipinski definition) is 0. The zero-order chi connectivity index (χ0) is 20.7. The number of halogens is 1. The van der Waals surface area contributed by atoms with Crippen molar-refractivity contribution in [3.63, 3.8) is 0 Å². The van der Waals surface area contributed by atoms with E-state index in [1.165, 1.54) is 12.1 Å². The van der Waals surface area contributed by atoms with Gasteiger partial charge >= 0.3 is 0 Å². The fourth-order valence-electron chi connectivity index (χ4n) is 3.63. The highest BCUT2D eigenvalue weighted by atomic mass is 19.1. The molecule has 3 aromatic carbocycles. The summed E-state index contributed by atoms with van der Waals surface area (Å²) >= 11 is 0. The number of aromatic nitrogens is 1. The van der Waals surface area contributed by atoms with E-state index in [0.29, 0.717) is 23.7 Å². The standard InChI is InChI=1S/C25H18FNO3/c1-27-14-17(20-4-2-3-5-22(20)27)12-24-25(28)21-11-10-19(13-23(21)30-24)29-15-16-6-8-18(26)9-7-16/h2-14H,15H2,1H3/b24-12+. The number of benzene rings is 3. The molecular weight excluding hydrogens is 381 g/mol. The van der Waals surface area contributed by atoms with Gasteiger partial charge in [0.15, 0.2) is 5.76 Å². The minimum atomic E-state index is -0.284. The van der Waals surface area contributed by atoms with Crippen molar-refractivity contribution in [3.05, 3.63) is 101 Å². The number of para-hydroxylation sites is 1. The number of aryl methyl sites for hydroxylation is 1. The topological polar surface area (TPSA) is 40.5 Å². The summed E-state index contributed by atoms with van der Waals surface area (Å²) in [5.74, 6) is 0.911. The van der Waals surface area contributed by atoms with E-state index in [4.69, 9.17) is 9.47 Å². The maximum atomic E-state index is 13.0. The van der Waals surface area contributed by atoms with Crippen molar-refractivity contribution >= 4 is 22.8 Å². The van der Waals surface area contributed by atoms with Crippen LogP contribution in [-0.2, 0) is 13.7 Å². The van der Waals surface area contributed by atoms with Crippen molar-refractivity contribution in [2.45, 2.75) is 6.61 Å². The minimum Gasteiger partial charge on any atom is -0.489 e. The number of carbonyl (C=O) groups excluding carboxylic acids is 1. The summed E-state index contributed by atoms with van der Waals surface area (Å²) in [4.78, 5) is 12.8. The fraction of sp³-hybridized carbons (Fsp3) is 0.0800. The molecular formula is C25H18FNO3. The zero-order valence-electron chi connectivity index (χ0n) is 16.3. The van der Waals surface area contributed by atoms with E-state index in [0.717, 1.165) is 22.0 Å². The first-order valence-corrected chi connectivity index (χ1v) is 9.58. The van der Waals surface area contributed by atoms with E-state index >= 15 is 0 Å². The first-order chi connectivity index (χ1) is 14.6. The average molecular weight is 399 g/mol. The SMILES string of the molecule is Cn1cc(/C=C2/Oc3cc(OCc4ccc(F)cc4)ccc3C2=O)c2ccccc21. The van der Waals surface area contributed by atoms with Crippen LogP contribution in [0.3, 0.4) is 0 Å². The summed E-state index contributed by atoms with van der Waals surface area (Å²) in [6.45, 7) is 0.297. The number of rotatable bonds is 4. The number of fused-ring (bicyclic) bond motifs is 2. The fourth-order valence-corrected chi connectivity index (χ4v) is 3.63. The Morgan fingerprint density at radius 3 is 2.70 bits per heavy atom. The first-order valence-electron chi connectivity index (χ1n) is 9.58. The van der Waals surface area contributed by atoms with Crippen LogP contribution in [0, 0.1) is 5.82 Å². The Morgan fingerprint density at radius 2 is 1.87 bits per heavy atom. The summed E-state index contributed by atoms with van der Waals surface area (Å²) in [5.41, 5.74) is 3.38. The summed E-state index contributed by atoms with van der Waals surface area (Å²) in [7, 11) is 1.97. The van der Waals surface area contributed by atoms with Crippen LogP contribution < -0.4 is 9.47 Å². The van der Waals surface area contributed by atoms with Crippen molar-refractivity contribution in [2.75, 3.05) is 0 Å². The molecule has 148 valence electrons. The number of allylic oxidation sites excluding steroid dienone is 1. The molecule has 5 rings (SSSR count). The lowest BCUT2D eigenvalue weighted by Crippen LogP contribution is -1.98. The zero-order valence-corrected chi connectivity index (χ0v) is 16.3. The number of ketones is 1. The Kier molecular flexibility index (Phi) is 4.36. The molecule has 4 aromatic rings. The molecule has 1 aliphatic heterocycles. The normalized spacial score (nSPS) is 14.2. The van der Waals surface area contributed by atoms with Crippen LogP contribution in [0.4, 0.5) is 4.39 Å². The molecule has 1 aliphatic rings. The van der Waals surface area contributed by atoms with Gasteiger partial charge in [-0.2, -0.15) is 0 Å². The van der Waals surface area contributed by atoms with Gasteiger partial charge in [0.1, 0.15) is 23.9 Å². The van der Waals surface area contributed by atoms with E-state index in [1.807, 2.05) is 42.1 Å². The number of carbonyl (C=O) groups is 1. The van der Waals surface area contributed by atoms with E-state index in [2.05, 4.69) is 0 Å². The monoisotopic (exact) mass is 399 g/mol. The maximum absolute atomic E-state index is 13.0. The van der Waals surface area contributed by atoms with Gasteiger partial charge in [0.05, 0.1) is 5.56 Å². The van der Waals surface area contributed by atoms with Gasteiger partial charge in [-0.25, -0.2) is 4.39 Å². The molecule has 0 N–H and O–H groups in total. The third-order valence-electron chi connectivity index (χ3n) is 5.17.